The van der Waals surface area contributed by atoms with E-state index in [0.717, 1.165) is 29.7 Å². The van der Waals surface area contributed by atoms with Crippen LogP contribution in [-0.4, -0.2) is 70.8 Å². The number of aliphatic hydroxyl groups excluding tert-OH is 4. The fourth-order valence-corrected chi connectivity index (χ4v) is 4.00. The van der Waals surface area contributed by atoms with Gasteiger partial charge in [0.25, 0.3) is 0 Å². The molecule has 1 aliphatic carbocycles. The average Bonchev–Trinajstić information content (AvgIpc) is 3.63. The number of aliphatic hydroxyl groups is 4. The summed E-state index contributed by atoms with van der Waals surface area (Å²) in [6.45, 7) is 0.638. The summed E-state index contributed by atoms with van der Waals surface area (Å²) in [4.78, 5) is 0. The lowest BCUT2D eigenvalue weighted by Gasteiger charge is -2.40. The number of ether oxygens (including phenoxy) is 3. The van der Waals surface area contributed by atoms with Gasteiger partial charge < -0.3 is 34.6 Å². The molecule has 1 heterocycles. The Labute approximate surface area is 192 Å². The second kappa shape index (κ2) is 10.5. The molecule has 5 atom stereocenters. The van der Waals surface area contributed by atoms with Crippen molar-refractivity contribution in [2.45, 2.75) is 55.9 Å². The van der Waals surface area contributed by atoms with Crippen molar-refractivity contribution in [2.24, 2.45) is 0 Å². The van der Waals surface area contributed by atoms with Crippen molar-refractivity contribution in [3.05, 3.63) is 64.2 Å². The third kappa shape index (κ3) is 5.61. The van der Waals surface area contributed by atoms with Crippen LogP contribution in [0.3, 0.4) is 0 Å². The predicted molar refractivity (Wildman–Crippen MR) is 118 cm³/mol. The molecule has 2 aromatic carbocycles. The fraction of sp³-hybridized carbons (Fsp3) is 0.500. The van der Waals surface area contributed by atoms with E-state index in [0.29, 0.717) is 36.3 Å². The molecule has 5 unspecified atom stereocenters. The molecule has 1 aliphatic heterocycles. The van der Waals surface area contributed by atoms with Crippen LogP contribution < -0.4 is 4.74 Å². The summed E-state index contributed by atoms with van der Waals surface area (Å²) in [7, 11) is 0. The van der Waals surface area contributed by atoms with E-state index in [-0.39, 0.29) is 0 Å². The van der Waals surface area contributed by atoms with Crippen LogP contribution in [0, 0.1) is 0 Å². The van der Waals surface area contributed by atoms with Gasteiger partial charge in [-0.1, -0.05) is 35.9 Å². The van der Waals surface area contributed by atoms with Gasteiger partial charge >= 0.3 is 0 Å². The minimum atomic E-state index is -1.42. The maximum Gasteiger partial charge on any atom is 0.119 e. The normalized spacial score (nSPS) is 28.0. The highest BCUT2D eigenvalue weighted by Gasteiger charge is 2.44. The summed E-state index contributed by atoms with van der Waals surface area (Å²) in [6, 6.07) is 13.0. The molecular formula is C24H29ClO7. The summed E-state index contributed by atoms with van der Waals surface area (Å²) in [5.41, 5.74) is 2.46. The van der Waals surface area contributed by atoms with Crippen LogP contribution in [0.5, 0.6) is 5.75 Å². The molecule has 1 saturated carbocycles. The van der Waals surface area contributed by atoms with E-state index in [4.69, 9.17) is 25.8 Å². The molecule has 0 radical (unpaired) electrons. The second-order valence-corrected chi connectivity index (χ2v) is 8.75. The lowest BCUT2D eigenvalue weighted by molar-refractivity contribution is -0.231. The minimum absolute atomic E-state index is 0.421. The molecule has 4 N–H and O–H groups in total. The Bertz CT molecular complexity index is 884. The van der Waals surface area contributed by atoms with Crippen molar-refractivity contribution in [3.8, 4) is 5.75 Å². The molecule has 1 saturated heterocycles. The van der Waals surface area contributed by atoms with Crippen LogP contribution in [0.15, 0.2) is 42.5 Å². The van der Waals surface area contributed by atoms with Gasteiger partial charge in [0.1, 0.15) is 42.9 Å². The van der Waals surface area contributed by atoms with E-state index in [1.165, 1.54) is 0 Å². The Kier molecular flexibility index (Phi) is 7.68. The van der Waals surface area contributed by atoms with Gasteiger partial charge in [-0.05, 0) is 54.2 Å². The van der Waals surface area contributed by atoms with Crippen molar-refractivity contribution < 1.29 is 34.6 Å². The van der Waals surface area contributed by atoms with Gasteiger partial charge in [-0.3, -0.25) is 0 Å². The number of halogens is 1. The van der Waals surface area contributed by atoms with E-state index in [1.54, 1.807) is 12.1 Å². The highest BCUT2D eigenvalue weighted by molar-refractivity contribution is 6.31. The SMILES string of the molecule is OCC1OC(c2ccc(Cl)c(Cc3ccc(OCCOC4CC4)cc3)c2)C(O)C(O)C1O. The molecule has 0 spiro atoms. The monoisotopic (exact) mass is 464 g/mol. The van der Waals surface area contributed by atoms with Crippen LogP contribution in [0.4, 0.5) is 0 Å². The molecule has 0 aromatic heterocycles. The van der Waals surface area contributed by atoms with Crippen LogP contribution in [0.1, 0.15) is 35.6 Å². The van der Waals surface area contributed by atoms with Gasteiger partial charge in [0.2, 0.25) is 0 Å². The zero-order valence-electron chi connectivity index (χ0n) is 17.6. The topological polar surface area (TPSA) is 109 Å². The molecule has 2 aliphatic rings. The number of rotatable bonds is 9. The standard InChI is InChI=1S/C24H29ClO7/c25-19-8-3-15(24-23(29)22(28)21(27)20(13-26)32-24)12-16(19)11-14-1-4-17(5-2-14)30-9-10-31-18-6-7-18/h1-5,8,12,18,20-24,26-29H,6-7,9-11,13H2. The van der Waals surface area contributed by atoms with Gasteiger partial charge in [0.05, 0.1) is 19.3 Å². The summed E-state index contributed by atoms with van der Waals surface area (Å²) >= 11 is 6.40. The van der Waals surface area contributed by atoms with Crippen molar-refractivity contribution in [3.63, 3.8) is 0 Å². The Balaban J connectivity index is 1.41. The fourth-order valence-electron chi connectivity index (χ4n) is 3.82. The zero-order chi connectivity index (χ0) is 22.7. The van der Waals surface area contributed by atoms with E-state index >= 15 is 0 Å². The van der Waals surface area contributed by atoms with Crippen LogP contribution in [0.25, 0.3) is 0 Å². The molecule has 8 heteroatoms. The van der Waals surface area contributed by atoms with Crippen LogP contribution >= 0.6 is 11.6 Å². The number of benzene rings is 2. The molecule has 7 nitrogen and oxygen atoms in total. The van der Waals surface area contributed by atoms with Crippen LogP contribution in [-0.2, 0) is 15.9 Å². The zero-order valence-corrected chi connectivity index (χ0v) is 18.4. The molecule has 174 valence electrons. The smallest absolute Gasteiger partial charge is 0.119 e. The van der Waals surface area contributed by atoms with Gasteiger partial charge in [-0.25, -0.2) is 0 Å². The molecular weight excluding hydrogens is 436 g/mol. The molecule has 32 heavy (non-hydrogen) atoms. The third-order valence-corrected chi connectivity index (χ3v) is 6.21. The van der Waals surface area contributed by atoms with E-state index in [9.17, 15) is 20.4 Å². The lowest BCUT2D eigenvalue weighted by Crippen LogP contribution is -2.55. The highest BCUT2D eigenvalue weighted by atomic mass is 35.5. The second-order valence-electron chi connectivity index (χ2n) is 8.34. The third-order valence-electron chi connectivity index (χ3n) is 5.84. The molecule has 4 rings (SSSR count). The maximum atomic E-state index is 10.4. The first-order valence-electron chi connectivity index (χ1n) is 10.9. The summed E-state index contributed by atoms with van der Waals surface area (Å²) in [5.74, 6) is 0.773. The minimum Gasteiger partial charge on any atom is -0.491 e. The Morgan fingerprint density at radius 3 is 2.38 bits per heavy atom. The van der Waals surface area contributed by atoms with E-state index in [2.05, 4.69) is 0 Å². The number of hydrogen-bond donors (Lipinski definition) is 4. The maximum absolute atomic E-state index is 10.4. The van der Waals surface area contributed by atoms with Crippen LogP contribution in [0.2, 0.25) is 5.02 Å². The molecule has 2 fully saturated rings. The highest BCUT2D eigenvalue weighted by Crippen LogP contribution is 2.34. The Morgan fingerprint density at radius 1 is 0.938 bits per heavy atom. The van der Waals surface area contributed by atoms with Gasteiger partial charge in [-0.15, -0.1) is 0 Å². The lowest BCUT2D eigenvalue weighted by atomic mass is 9.90. The quantitative estimate of drug-likeness (QED) is 0.420. The summed E-state index contributed by atoms with van der Waals surface area (Å²) in [5, 5.41) is 40.5. The van der Waals surface area contributed by atoms with Crippen molar-refractivity contribution in [2.75, 3.05) is 19.8 Å². The van der Waals surface area contributed by atoms with Crippen molar-refractivity contribution in [1.29, 1.82) is 0 Å². The predicted octanol–water partition coefficient (Wildman–Crippen LogP) is 2.00. The largest absolute Gasteiger partial charge is 0.491 e. The molecule has 0 bridgehead atoms. The summed E-state index contributed by atoms with van der Waals surface area (Å²) in [6.07, 6.45) is -2.73. The first kappa shape index (κ1) is 23.4. The molecule has 0 amide bonds. The first-order valence-corrected chi connectivity index (χ1v) is 11.3. The van der Waals surface area contributed by atoms with E-state index in [1.807, 2.05) is 30.3 Å². The number of hydrogen-bond acceptors (Lipinski definition) is 7. The van der Waals surface area contributed by atoms with Gasteiger partial charge in [0, 0.05) is 5.02 Å². The van der Waals surface area contributed by atoms with Crippen molar-refractivity contribution >= 4 is 11.6 Å². The Morgan fingerprint density at radius 2 is 1.69 bits per heavy atom. The summed E-state index contributed by atoms with van der Waals surface area (Å²) < 4.78 is 16.9. The molecule has 2 aromatic rings. The average molecular weight is 465 g/mol. The van der Waals surface area contributed by atoms with Crippen molar-refractivity contribution in [1.82, 2.24) is 0 Å². The Hall–Kier alpha value is -1.71. The van der Waals surface area contributed by atoms with Gasteiger partial charge in [0.15, 0.2) is 0 Å². The van der Waals surface area contributed by atoms with Gasteiger partial charge in [-0.2, -0.15) is 0 Å². The van der Waals surface area contributed by atoms with E-state index < -0.39 is 37.1 Å². The first-order chi connectivity index (χ1) is 15.5.